The van der Waals surface area contributed by atoms with Crippen molar-refractivity contribution < 1.29 is 4.74 Å². The summed E-state index contributed by atoms with van der Waals surface area (Å²) in [6.45, 7) is 0.932. The molecule has 1 aliphatic rings. The third kappa shape index (κ3) is 1.23. The van der Waals surface area contributed by atoms with Gasteiger partial charge >= 0.3 is 0 Å². The lowest BCUT2D eigenvalue weighted by Gasteiger charge is -2.01. The van der Waals surface area contributed by atoms with Crippen molar-refractivity contribution in [2.24, 2.45) is 7.05 Å². The molecular weight excluding hydrogens is 174 g/mol. The fourth-order valence-corrected chi connectivity index (χ4v) is 1.96. The summed E-state index contributed by atoms with van der Waals surface area (Å²) < 4.78 is 7.51. The summed E-state index contributed by atoms with van der Waals surface area (Å²) >= 11 is 0. The van der Waals surface area contributed by atoms with Crippen LogP contribution in [0.4, 0.5) is 0 Å². The first-order chi connectivity index (χ1) is 6.84. The van der Waals surface area contributed by atoms with Crippen LogP contribution in [0.2, 0.25) is 0 Å². The van der Waals surface area contributed by atoms with Gasteiger partial charge in [0.15, 0.2) is 0 Å². The van der Waals surface area contributed by atoms with Gasteiger partial charge < -0.3 is 9.30 Å². The minimum Gasteiger partial charge on any atom is -0.373 e. The normalized spacial score (nSPS) is 20.2. The van der Waals surface area contributed by atoms with E-state index in [1.807, 2.05) is 0 Å². The molecule has 1 saturated heterocycles. The molecule has 1 aliphatic heterocycles. The van der Waals surface area contributed by atoms with Crippen LogP contribution in [0.15, 0.2) is 30.3 Å². The second kappa shape index (κ2) is 2.85. The van der Waals surface area contributed by atoms with E-state index >= 15 is 0 Å². The number of para-hydroxylation sites is 1. The summed E-state index contributed by atoms with van der Waals surface area (Å²) in [4.78, 5) is 0. The predicted octanol–water partition coefficient (Wildman–Crippen LogP) is 2.12. The topological polar surface area (TPSA) is 17.5 Å². The molecule has 1 unspecified atom stereocenters. The first-order valence-electron chi connectivity index (χ1n) is 4.99. The van der Waals surface area contributed by atoms with Crippen LogP contribution in [0.5, 0.6) is 0 Å². The number of benzene rings is 1. The van der Waals surface area contributed by atoms with Crippen molar-refractivity contribution >= 4 is 10.9 Å². The van der Waals surface area contributed by atoms with Crippen LogP contribution in [0, 0.1) is 0 Å². The summed E-state index contributed by atoms with van der Waals surface area (Å²) in [6, 6.07) is 10.7. The molecule has 0 aliphatic carbocycles. The summed E-state index contributed by atoms with van der Waals surface area (Å²) in [5, 5.41) is 1.32. The minimum absolute atomic E-state index is 0.470. The monoisotopic (exact) mass is 187 g/mol. The lowest BCUT2D eigenvalue weighted by Crippen LogP contribution is -2.00. The van der Waals surface area contributed by atoms with Crippen LogP contribution in [0.1, 0.15) is 5.69 Å². The van der Waals surface area contributed by atoms with Crippen molar-refractivity contribution in [1.82, 2.24) is 4.57 Å². The van der Waals surface area contributed by atoms with E-state index in [0.29, 0.717) is 6.10 Å². The molecule has 2 nitrogen and oxygen atoms in total. The Morgan fingerprint density at radius 2 is 2.21 bits per heavy atom. The Labute approximate surface area is 83.1 Å². The Kier molecular flexibility index (Phi) is 1.64. The Balaban J connectivity index is 2.09. The Morgan fingerprint density at radius 3 is 2.93 bits per heavy atom. The molecule has 2 heterocycles. The summed E-state index contributed by atoms with van der Waals surface area (Å²) in [6.07, 6.45) is 1.52. The number of aryl methyl sites for hydroxylation is 1. The van der Waals surface area contributed by atoms with Gasteiger partial charge in [0.1, 0.15) is 0 Å². The molecular formula is C12H13NO. The number of rotatable bonds is 2. The van der Waals surface area contributed by atoms with Gasteiger partial charge in [-0.25, -0.2) is 0 Å². The fraction of sp³-hybridized carbons (Fsp3) is 0.333. The van der Waals surface area contributed by atoms with Crippen LogP contribution in [-0.4, -0.2) is 17.3 Å². The zero-order chi connectivity index (χ0) is 9.54. The highest BCUT2D eigenvalue weighted by Crippen LogP contribution is 2.22. The van der Waals surface area contributed by atoms with Crippen molar-refractivity contribution in [1.29, 1.82) is 0 Å². The van der Waals surface area contributed by atoms with Gasteiger partial charge in [0.25, 0.3) is 0 Å². The maximum atomic E-state index is 5.25. The standard InChI is InChI=1S/C12H13NO/c1-13-10(7-11-8-14-11)6-9-4-2-3-5-12(9)13/h2-6,11H,7-8H2,1H3. The first kappa shape index (κ1) is 8.06. The van der Waals surface area contributed by atoms with Crippen molar-refractivity contribution in [2.45, 2.75) is 12.5 Å². The molecule has 1 atom stereocenters. The van der Waals surface area contributed by atoms with E-state index in [1.165, 1.54) is 16.6 Å². The zero-order valence-corrected chi connectivity index (χ0v) is 8.23. The van der Waals surface area contributed by atoms with Gasteiger partial charge in [0, 0.05) is 24.7 Å². The second-order valence-electron chi connectivity index (χ2n) is 3.91. The highest BCUT2D eigenvalue weighted by molar-refractivity contribution is 5.81. The van der Waals surface area contributed by atoms with E-state index in [9.17, 15) is 0 Å². The van der Waals surface area contributed by atoms with Crippen molar-refractivity contribution in [3.8, 4) is 0 Å². The highest BCUT2D eigenvalue weighted by Gasteiger charge is 2.24. The van der Waals surface area contributed by atoms with Gasteiger partial charge in [-0.05, 0) is 17.5 Å². The largest absolute Gasteiger partial charge is 0.373 e. The second-order valence-corrected chi connectivity index (χ2v) is 3.91. The van der Waals surface area contributed by atoms with Gasteiger partial charge in [0.05, 0.1) is 12.7 Å². The molecule has 2 aromatic rings. The molecule has 1 fully saturated rings. The Bertz CT molecular complexity index is 468. The molecule has 0 N–H and O–H groups in total. The number of hydrogen-bond donors (Lipinski definition) is 0. The predicted molar refractivity (Wildman–Crippen MR) is 56.4 cm³/mol. The average Bonchev–Trinajstić information content (AvgIpc) is 2.95. The molecule has 1 aromatic heterocycles. The minimum atomic E-state index is 0.470. The summed E-state index contributed by atoms with van der Waals surface area (Å²) in [5.74, 6) is 0. The van der Waals surface area contributed by atoms with Crippen LogP contribution in [0.3, 0.4) is 0 Å². The zero-order valence-electron chi connectivity index (χ0n) is 8.23. The van der Waals surface area contributed by atoms with Gasteiger partial charge in [-0.2, -0.15) is 0 Å². The van der Waals surface area contributed by atoms with Gasteiger partial charge in [-0.1, -0.05) is 18.2 Å². The van der Waals surface area contributed by atoms with E-state index in [4.69, 9.17) is 4.74 Å². The number of ether oxygens (including phenoxy) is 1. The molecule has 0 saturated carbocycles. The molecule has 0 bridgehead atoms. The van der Waals surface area contributed by atoms with Gasteiger partial charge in [-0.15, -0.1) is 0 Å². The number of nitrogens with zero attached hydrogens (tertiary/aromatic N) is 1. The van der Waals surface area contributed by atoms with E-state index < -0.39 is 0 Å². The van der Waals surface area contributed by atoms with Crippen molar-refractivity contribution in [2.75, 3.05) is 6.61 Å². The third-order valence-corrected chi connectivity index (χ3v) is 2.89. The third-order valence-electron chi connectivity index (χ3n) is 2.89. The molecule has 0 radical (unpaired) electrons. The SMILES string of the molecule is Cn1c(CC2CO2)cc2ccccc21. The molecule has 14 heavy (non-hydrogen) atoms. The van der Waals surface area contributed by atoms with Crippen LogP contribution in [0.25, 0.3) is 10.9 Å². The lowest BCUT2D eigenvalue weighted by molar-refractivity contribution is 0.405. The van der Waals surface area contributed by atoms with Crippen molar-refractivity contribution in [3.63, 3.8) is 0 Å². The van der Waals surface area contributed by atoms with E-state index in [1.54, 1.807) is 0 Å². The highest BCUT2D eigenvalue weighted by atomic mass is 16.6. The maximum absolute atomic E-state index is 5.25. The molecule has 1 aromatic carbocycles. The quantitative estimate of drug-likeness (QED) is 0.658. The van der Waals surface area contributed by atoms with E-state index in [2.05, 4.69) is 41.9 Å². The molecule has 0 spiro atoms. The lowest BCUT2D eigenvalue weighted by atomic mass is 10.2. The first-order valence-corrected chi connectivity index (χ1v) is 4.99. The van der Waals surface area contributed by atoms with Gasteiger partial charge in [0.2, 0.25) is 0 Å². The van der Waals surface area contributed by atoms with E-state index in [0.717, 1.165) is 13.0 Å². The molecule has 0 amide bonds. The van der Waals surface area contributed by atoms with Crippen LogP contribution in [-0.2, 0) is 18.2 Å². The Morgan fingerprint density at radius 1 is 1.43 bits per heavy atom. The maximum Gasteiger partial charge on any atom is 0.0864 e. The van der Waals surface area contributed by atoms with Crippen LogP contribution < -0.4 is 0 Å². The number of epoxide rings is 1. The molecule has 72 valence electrons. The summed E-state index contributed by atoms with van der Waals surface area (Å²) in [7, 11) is 2.13. The Hall–Kier alpha value is -1.28. The van der Waals surface area contributed by atoms with Gasteiger partial charge in [-0.3, -0.25) is 0 Å². The summed E-state index contributed by atoms with van der Waals surface area (Å²) in [5.41, 5.74) is 2.68. The fourth-order valence-electron chi connectivity index (χ4n) is 1.96. The van der Waals surface area contributed by atoms with Crippen LogP contribution >= 0.6 is 0 Å². The average molecular weight is 187 g/mol. The number of fused-ring (bicyclic) bond motifs is 1. The van der Waals surface area contributed by atoms with Crippen molar-refractivity contribution in [3.05, 3.63) is 36.0 Å². The van der Waals surface area contributed by atoms with E-state index in [-0.39, 0.29) is 0 Å². The number of aromatic nitrogens is 1. The molecule has 3 rings (SSSR count). The smallest absolute Gasteiger partial charge is 0.0864 e. The molecule has 2 heteroatoms. The number of hydrogen-bond acceptors (Lipinski definition) is 1.